The number of hydrogen-bond acceptors (Lipinski definition) is 4. The fourth-order valence-corrected chi connectivity index (χ4v) is 1.83. The second-order valence-electron chi connectivity index (χ2n) is 5.20. The van der Waals surface area contributed by atoms with Crippen molar-refractivity contribution in [1.82, 2.24) is 0 Å². The Labute approximate surface area is 189 Å². The van der Waals surface area contributed by atoms with Crippen LogP contribution in [0.1, 0.15) is 18.1 Å². The molecule has 2 rings (SSSR count). The monoisotopic (exact) mass is 448 g/mol. The Morgan fingerprint density at radius 3 is 1.63 bits per heavy atom. The van der Waals surface area contributed by atoms with Crippen LogP contribution >= 0.6 is 0 Å². The quantitative estimate of drug-likeness (QED) is 0.423. The van der Waals surface area contributed by atoms with E-state index in [1.807, 2.05) is 0 Å². The number of alkyl halides is 4. The van der Waals surface area contributed by atoms with E-state index in [0.717, 1.165) is 36.4 Å². The number of carboxylic acid groups (broad SMARTS) is 1. The molecule has 12 heteroatoms. The molecule has 2 aromatic carbocycles. The Hall–Kier alpha value is -2.08. The average molecular weight is 448 g/mol. The standard InChI is InChI=1S/C10H9F3O2.C8H5F3O2.Na.H2O/c1-2-15-9(14)10(12,13)7-4-3-5-8(11)6-7;9-6-3-1-2-5(4-6)8(10,11)7(12)13;;/h3-6H,2H2,1H3;1-4H,(H,12,13);;1H2/q;;+1;/p-1. The Balaban J connectivity index is 0. The summed E-state index contributed by atoms with van der Waals surface area (Å²) in [6.45, 7) is 1.27. The van der Waals surface area contributed by atoms with Gasteiger partial charge in [-0.15, -0.1) is 0 Å². The van der Waals surface area contributed by atoms with Gasteiger partial charge in [0.05, 0.1) is 6.61 Å². The van der Waals surface area contributed by atoms with Gasteiger partial charge in [-0.2, -0.15) is 17.6 Å². The van der Waals surface area contributed by atoms with Crippen molar-refractivity contribution in [1.29, 1.82) is 0 Å². The number of benzene rings is 2. The number of aliphatic carboxylic acids is 1. The van der Waals surface area contributed by atoms with E-state index < -0.39 is 46.5 Å². The van der Waals surface area contributed by atoms with E-state index >= 15 is 0 Å². The van der Waals surface area contributed by atoms with Gasteiger partial charge in [-0.3, -0.25) is 0 Å². The Morgan fingerprint density at radius 1 is 0.900 bits per heavy atom. The summed E-state index contributed by atoms with van der Waals surface area (Å²) in [5, 5.41) is 8.11. The molecule has 0 bridgehead atoms. The van der Waals surface area contributed by atoms with Crippen molar-refractivity contribution >= 4 is 11.9 Å². The zero-order valence-electron chi connectivity index (χ0n) is 15.7. The van der Waals surface area contributed by atoms with Crippen LogP contribution in [0.25, 0.3) is 0 Å². The van der Waals surface area contributed by atoms with Crippen LogP contribution in [0.15, 0.2) is 48.5 Å². The summed E-state index contributed by atoms with van der Waals surface area (Å²) in [5.74, 6) is -13.5. The SMILES string of the molecule is CCOC(=O)C(F)(F)c1cccc(F)c1.O=C(O)C(F)(F)c1cccc(F)c1.[Na+].[OH-]. The third kappa shape index (κ3) is 7.98. The van der Waals surface area contributed by atoms with E-state index in [1.54, 1.807) is 0 Å². The molecule has 0 aliphatic rings. The van der Waals surface area contributed by atoms with Crippen molar-refractivity contribution in [3.05, 3.63) is 71.3 Å². The molecular weight excluding hydrogens is 433 g/mol. The molecular formula is C18H15F6NaO5. The van der Waals surface area contributed by atoms with E-state index in [-0.39, 0.29) is 41.6 Å². The second-order valence-corrected chi connectivity index (χ2v) is 5.20. The number of ether oxygens (including phenoxy) is 1. The van der Waals surface area contributed by atoms with Crippen molar-refractivity contribution in [2.45, 2.75) is 18.8 Å². The Morgan fingerprint density at radius 2 is 1.30 bits per heavy atom. The summed E-state index contributed by atoms with van der Waals surface area (Å²) in [6.07, 6.45) is 0. The van der Waals surface area contributed by atoms with Crippen LogP contribution in [0, 0.1) is 11.6 Å². The zero-order valence-corrected chi connectivity index (χ0v) is 17.7. The summed E-state index contributed by atoms with van der Waals surface area (Å²) in [7, 11) is 0. The van der Waals surface area contributed by atoms with Gasteiger partial charge in [0.2, 0.25) is 0 Å². The predicted octanol–water partition coefficient (Wildman–Crippen LogP) is 1.31. The van der Waals surface area contributed by atoms with E-state index in [4.69, 9.17) is 5.11 Å². The van der Waals surface area contributed by atoms with Crippen molar-refractivity contribution in [2.75, 3.05) is 6.61 Å². The first kappa shape index (κ1) is 30.1. The summed E-state index contributed by atoms with van der Waals surface area (Å²) in [6, 6.07) is 7.05. The van der Waals surface area contributed by atoms with E-state index in [9.17, 15) is 35.9 Å². The number of hydrogen-bond donors (Lipinski definition) is 1. The van der Waals surface area contributed by atoms with Crippen LogP contribution in [0.5, 0.6) is 0 Å². The van der Waals surface area contributed by atoms with Gasteiger partial charge < -0.3 is 15.3 Å². The van der Waals surface area contributed by atoms with Gasteiger partial charge >= 0.3 is 53.3 Å². The van der Waals surface area contributed by atoms with Crippen molar-refractivity contribution in [2.24, 2.45) is 0 Å². The molecule has 0 aliphatic carbocycles. The number of esters is 1. The molecule has 0 unspecified atom stereocenters. The molecule has 0 heterocycles. The minimum atomic E-state index is -4.04. The van der Waals surface area contributed by atoms with Crippen LogP contribution in [0.4, 0.5) is 26.3 Å². The van der Waals surface area contributed by atoms with Crippen LogP contribution in [0.3, 0.4) is 0 Å². The summed E-state index contributed by atoms with van der Waals surface area (Å²) < 4.78 is 81.2. The van der Waals surface area contributed by atoms with E-state index in [1.165, 1.54) is 6.92 Å². The van der Waals surface area contributed by atoms with Gasteiger partial charge in [-0.25, -0.2) is 18.4 Å². The van der Waals surface area contributed by atoms with Crippen LogP contribution < -0.4 is 29.6 Å². The Bertz CT molecular complexity index is 847. The van der Waals surface area contributed by atoms with Gasteiger partial charge in [0.15, 0.2) is 0 Å². The summed E-state index contributed by atoms with van der Waals surface area (Å²) in [5.41, 5.74) is -1.57. The third-order valence-corrected chi connectivity index (χ3v) is 3.17. The normalized spacial score (nSPS) is 10.5. The fraction of sp³-hybridized carbons (Fsp3) is 0.222. The van der Waals surface area contributed by atoms with Crippen LogP contribution in [-0.4, -0.2) is 29.1 Å². The Kier molecular flexibility index (Phi) is 12.6. The molecule has 0 aliphatic heterocycles. The molecule has 160 valence electrons. The number of carboxylic acids is 1. The molecule has 0 atom stereocenters. The van der Waals surface area contributed by atoms with E-state index in [2.05, 4.69) is 4.74 Å². The number of carbonyl (C=O) groups excluding carboxylic acids is 1. The third-order valence-electron chi connectivity index (χ3n) is 3.17. The largest absolute Gasteiger partial charge is 1.00 e. The van der Waals surface area contributed by atoms with Gasteiger partial charge in [0.25, 0.3) is 0 Å². The minimum Gasteiger partial charge on any atom is -0.870 e. The van der Waals surface area contributed by atoms with Gasteiger partial charge in [-0.1, -0.05) is 24.3 Å². The van der Waals surface area contributed by atoms with Gasteiger partial charge in [0.1, 0.15) is 11.6 Å². The maximum absolute atomic E-state index is 13.3. The zero-order chi connectivity index (χ0) is 21.5. The summed E-state index contributed by atoms with van der Waals surface area (Å²) >= 11 is 0. The smallest absolute Gasteiger partial charge is 0.870 e. The maximum atomic E-state index is 13.3. The topological polar surface area (TPSA) is 93.6 Å². The molecule has 0 aromatic heterocycles. The first-order chi connectivity index (χ1) is 12.9. The van der Waals surface area contributed by atoms with Crippen molar-refractivity contribution in [3.8, 4) is 0 Å². The number of carbonyl (C=O) groups is 2. The number of halogens is 6. The molecule has 0 saturated heterocycles. The maximum Gasteiger partial charge on any atom is 1.00 e. The molecule has 30 heavy (non-hydrogen) atoms. The molecule has 0 radical (unpaired) electrons. The minimum absolute atomic E-state index is 0. The molecule has 0 spiro atoms. The van der Waals surface area contributed by atoms with Crippen LogP contribution in [-0.2, 0) is 26.2 Å². The fourth-order valence-electron chi connectivity index (χ4n) is 1.83. The van der Waals surface area contributed by atoms with Gasteiger partial charge in [0, 0.05) is 11.1 Å². The van der Waals surface area contributed by atoms with Gasteiger partial charge in [-0.05, 0) is 31.2 Å². The first-order valence-corrected chi connectivity index (χ1v) is 7.61. The second kappa shape index (κ2) is 12.6. The molecule has 5 nitrogen and oxygen atoms in total. The van der Waals surface area contributed by atoms with Crippen molar-refractivity contribution in [3.63, 3.8) is 0 Å². The molecule has 2 aromatic rings. The van der Waals surface area contributed by atoms with Crippen molar-refractivity contribution < 1.29 is 80.8 Å². The first-order valence-electron chi connectivity index (χ1n) is 7.61. The van der Waals surface area contributed by atoms with Crippen LogP contribution in [0.2, 0.25) is 0 Å². The summed E-state index contributed by atoms with van der Waals surface area (Å²) in [4.78, 5) is 20.9. The predicted molar refractivity (Wildman–Crippen MR) is 86.8 cm³/mol. The van der Waals surface area contributed by atoms with E-state index in [0.29, 0.717) is 12.1 Å². The molecule has 0 fully saturated rings. The molecule has 0 saturated carbocycles. The molecule has 2 N–H and O–H groups in total. The average Bonchev–Trinajstić information content (AvgIpc) is 2.62. The number of rotatable bonds is 5. The molecule has 0 amide bonds.